The lowest BCUT2D eigenvalue weighted by Gasteiger charge is -2.28. The minimum absolute atomic E-state index is 0.0532. The van der Waals surface area contributed by atoms with Gasteiger partial charge >= 0.3 is 11.9 Å². The number of carbonyl (C=O) groups excluding carboxylic acids is 2. The maximum absolute atomic E-state index is 12.1. The molecule has 4 heteroatoms. The lowest BCUT2D eigenvalue weighted by Crippen LogP contribution is -2.29. The maximum Gasteiger partial charge on any atom is 0.306 e. The molecule has 0 atom stereocenters. The van der Waals surface area contributed by atoms with Crippen LogP contribution in [0.25, 0.3) is 0 Å². The molecule has 0 spiro atoms. The molecule has 0 N–H and O–H groups in total. The average molecular weight is 380 g/mol. The molecule has 3 rings (SSSR count). The third-order valence-corrected chi connectivity index (χ3v) is 5.14. The number of hydrogen-bond acceptors (Lipinski definition) is 4. The third kappa shape index (κ3) is 6.84. The van der Waals surface area contributed by atoms with Crippen LogP contribution in [0.3, 0.4) is 0 Å². The Hall–Kier alpha value is -2.62. The molecule has 1 saturated carbocycles. The van der Waals surface area contributed by atoms with Gasteiger partial charge in [-0.15, -0.1) is 0 Å². The first kappa shape index (κ1) is 20.1. The fourth-order valence-electron chi connectivity index (χ4n) is 3.54. The van der Waals surface area contributed by atoms with Crippen LogP contribution >= 0.6 is 0 Å². The SMILES string of the molecule is O=C(CCc1ccccc1)OC1CCC(OC(=O)CCc2ccccc2)CC1. The van der Waals surface area contributed by atoms with Crippen LogP contribution in [0, 0.1) is 0 Å². The van der Waals surface area contributed by atoms with Crippen LogP contribution in [0.5, 0.6) is 0 Å². The van der Waals surface area contributed by atoms with Crippen molar-refractivity contribution in [3.05, 3.63) is 71.8 Å². The molecule has 0 heterocycles. The van der Waals surface area contributed by atoms with Crippen LogP contribution < -0.4 is 0 Å². The first-order chi connectivity index (χ1) is 13.7. The van der Waals surface area contributed by atoms with Crippen LogP contribution in [0.1, 0.15) is 49.7 Å². The summed E-state index contributed by atoms with van der Waals surface area (Å²) in [7, 11) is 0. The van der Waals surface area contributed by atoms with Crippen molar-refractivity contribution < 1.29 is 19.1 Å². The molecule has 2 aromatic carbocycles. The van der Waals surface area contributed by atoms with Gasteiger partial charge in [-0.1, -0.05) is 60.7 Å². The fraction of sp³-hybridized carbons (Fsp3) is 0.417. The summed E-state index contributed by atoms with van der Waals surface area (Å²) in [5.74, 6) is -0.292. The van der Waals surface area contributed by atoms with E-state index in [2.05, 4.69) is 0 Å². The van der Waals surface area contributed by atoms with Crippen LogP contribution in [-0.4, -0.2) is 24.1 Å². The lowest BCUT2D eigenvalue weighted by atomic mass is 9.95. The zero-order valence-corrected chi connectivity index (χ0v) is 16.2. The summed E-state index contributed by atoms with van der Waals surface area (Å²) in [6.45, 7) is 0. The molecule has 0 aliphatic heterocycles. The molecule has 0 aromatic heterocycles. The molecule has 0 radical (unpaired) electrons. The summed E-state index contributed by atoms with van der Waals surface area (Å²) in [4.78, 5) is 24.1. The Morgan fingerprint density at radius 2 is 1.00 bits per heavy atom. The van der Waals surface area contributed by atoms with Crippen LogP contribution in [-0.2, 0) is 31.9 Å². The molecule has 4 nitrogen and oxygen atoms in total. The molecule has 0 unspecified atom stereocenters. The normalized spacial score (nSPS) is 19.0. The molecular weight excluding hydrogens is 352 g/mol. The van der Waals surface area contributed by atoms with Crippen molar-refractivity contribution in [1.82, 2.24) is 0 Å². The van der Waals surface area contributed by atoms with Gasteiger partial charge in [-0.2, -0.15) is 0 Å². The molecule has 148 valence electrons. The van der Waals surface area contributed by atoms with Crippen molar-refractivity contribution in [1.29, 1.82) is 0 Å². The molecule has 1 aliphatic carbocycles. The third-order valence-electron chi connectivity index (χ3n) is 5.14. The van der Waals surface area contributed by atoms with Crippen molar-refractivity contribution in [3.8, 4) is 0 Å². The van der Waals surface area contributed by atoms with E-state index in [1.54, 1.807) is 0 Å². The number of hydrogen-bond donors (Lipinski definition) is 0. The number of ether oxygens (including phenoxy) is 2. The molecule has 0 amide bonds. The highest BCUT2D eigenvalue weighted by Gasteiger charge is 2.26. The van der Waals surface area contributed by atoms with Crippen molar-refractivity contribution in [3.63, 3.8) is 0 Å². The van der Waals surface area contributed by atoms with E-state index in [1.807, 2.05) is 60.7 Å². The molecule has 1 fully saturated rings. The first-order valence-corrected chi connectivity index (χ1v) is 10.2. The zero-order valence-electron chi connectivity index (χ0n) is 16.2. The zero-order chi connectivity index (χ0) is 19.6. The van der Waals surface area contributed by atoms with Gasteiger partial charge in [0.1, 0.15) is 12.2 Å². The van der Waals surface area contributed by atoms with Gasteiger partial charge in [0.15, 0.2) is 0 Å². The Morgan fingerprint density at radius 3 is 1.36 bits per heavy atom. The van der Waals surface area contributed by atoms with Gasteiger partial charge in [0.25, 0.3) is 0 Å². The summed E-state index contributed by atoms with van der Waals surface area (Å²) in [5, 5.41) is 0. The number of benzene rings is 2. The average Bonchev–Trinajstić information content (AvgIpc) is 2.74. The van der Waals surface area contributed by atoms with E-state index < -0.39 is 0 Å². The first-order valence-electron chi connectivity index (χ1n) is 10.2. The van der Waals surface area contributed by atoms with Crippen molar-refractivity contribution in [2.75, 3.05) is 0 Å². The smallest absolute Gasteiger partial charge is 0.306 e. The highest BCUT2D eigenvalue weighted by atomic mass is 16.6. The van der Waals surface area contributed by atoms with E-state index in [1.165, 1.54) is 0 Å². The molecular formula is C24H28O4. The molecule has 0 bridgehead atoms. The van der Waals surface area contributed by atoms with Gasteiger partial charge in [0, 0.05) is 12.8 Å². The summed E-state index contributed by atoms with van der Waals surface area (Å²) in [6, 6.07) is 19.9. The topological polar surface area (TPSA) is 52.6 Å². The number of rotatable bonds is 8. The van der Waals surface area contributed by atoms with Crippen molar-refractivity contribution >= 4 is 11.9 Å². The van der Waals surface area contributed by atoms with Gasteiger partial charge < -0.3 is 9.47 Å². The summed E-state index contributed by atoms with van der Waals surface area (Å²) in [6.07, 6.45) is 5.13. The van der Waals surface area contributed by atoms with E-state index in [0.29, 0.717) is 25.7 Å². The number of carbonyl (C=O) groups is 2. The monoisotopic (exact) mass is 380 g/mol. The summed E-state index contributed by atoms with van der Waals surface area (Å²) >= 11 is 0. The molecule has 1 aliphatic rings. The van der Waals surface area contributed by atoms with Crippen LogP contribution in [0.15, 0.2) is 60.7 Å². The van der Waals surface area contributed by atoms with Crippen molar-refractivity contribution in [2.24, 2.45) is 0 Å². The molecule has 0 saturated heterocycles. The second-order valence-corrected chi connectivity index (χ2v) is 7.35. The number of aryl methyl sites for hydroxylation is 2. The minimum Gasteiger partial charge on any atom is -0.462 e. The fourth-order valence-corrected chi connectivity index (χ4v) is 3.54. The van der Waals surface area contributed by atoms with Gasteiger partial charge in [-0.25, -0.2) is 0 Å². The lowest BCUT2D eigenvalue weighted by molar-refractivity contribution is -0.158. The second-order valence-electron chi connectivity index (χ2n) is 7.35. The Labute approximate surface area is 166 Å². The van der Waals surface area contributed by atoms with Gasteiger partial charge in [-0.3, -0.25) is 9.59 Å². The Kier molecular flexibility index (Phi) is 7.65. The highest BCUT2D eigenvalue weighted by Crippen LogP contribution is 2.24. The van der Waals surface area contributed by atoms with Gasteiger partial charge in [0.2, 0.25) is 0 Å². The Bertz CT molecular complexity index is 668. The predicted molar refractivity (Wildman–Crippen MR) is 108 cm³/mol. The Balaban J connectivity index is 1.30. The summed E-state index contributed by atoms with van der Waals surface area (Å²) in [5.41, 5.74) is 2.29. The quantitative estimate of drug-likeness (QED) is 0.626. The van der Waals surface area contributed by atoms with Crippen LogP contribution in [0.2, 0.25) is 0 Å². The largest absolute Gasteiger partial charge is 0.462 e. The van der Waals surface area contributed by atoms with E-state index in [9.17, 15) is 9.59 Å². The number of esters is 2. The standard InChI is InChI=1S/C24H28O4/c25-23(17-11-19-7-3-1-4-8-19)27-21-13-15-22(16-14-21)28-24(26)18-12-20-9-5-2-6-10-20/h1-10,21-22H,11-18H2. The van der Waals surface area contributed by atoms with Crippen molar-refractivity contribution in [2.45, 2.75) is 63.6 Å². The minimum atomic E-state index is -0.146. The Morgan fingerprint density at radius 1 is 0.643 bits per heavy atom. The second kappa shape index (κ2) is 10.6. The molecule has 28 heavy (non-hydrogen) atoms. The highest BCUT2D eigenvalue weighted by molar-refractivity contribution is 5.70. The van der Waals surface area contributed by atoms with Gasteiger partial charge in [0.05, 0.1) is 0 Å². The predicted octanol–water partition coefficient (Wildman–Crippen LogP) is 4.65. The van der Waals surface area contributed by atoms with E-state index in [4.69, 9.17) is 9.47 Å². The van der Waals surface area contributed by atoms with Gasteiger partial charge in [-0.05, 0) is 49.7 Å². The summed E-state index contributed by atoms with van der Waals surface area (Å²) < 4.78 is 11.2. The van der Waals surface area contributed by atoms with Crippen LogP contribution in [0.4, 0.5) is 0 Å². The van der Waals surface area contributed by atoms with E-state index in [-0.39, 0.29) is 24.1 Å². The molecule has 2 aromatic rings. The van der Waals surface area contributed by atoms with E-state index >= 15 is 0 Å². The van der Waals surface area contributed by atoms with E-state index in [0.717, 1.165) is 36.8 Å². The maximum atomic E-state index is 12.1.